The lowest BCUT2D eigenvalue weighted by atomic mass is 10.1. The van der Waals surface area contributed by atoms with Crippen LogP contribution in [0, 0.1) is 5.92 Å². The number of piperazine rings is 1. The highest BCUT2D eigenvalue weighted by molar-refractivity contribution is 4.92. The molecule has 2 nitrogen and oxygen atoms in total. The van der Waals surface area contributed by atoms with Crippen molar-refractivity contribution >= 4 is 0 Å². The van der Waals surface area contributed by atoms with E-state index in [9.17, 15) is 0 Å². The fourth-order valence-electron chi connectivity index (χ4n) is 2.13. The molecule has 2 aliphatic rings. The Labute approximate surface area is 69.0 Å². The fraction of sp³-hybridized carbons (Fsp3) is 1.00. The smallest absolute Gasteiger partial charge is 0.0226 e. The van der Waals surface area contributed by atoms with Gasteiger partial charge in [0.15, 0.2) is 0 Å². The van der Waals surface area contributed by atoms with Gasteiger partial charge in [-0.15, -0.1) is 0 Å². The van der Waals surface area contributed by atoms with E-state index in [-0.39, 0.29) is 0 Å². The van der Waals surface area contributed by atoms with Crippen LogP contribution in [0.5, 0.6) is 0 Å². The van der Waals surface area contributed by atoms with E-state index in [1.54, 1.807) is 0 Å². The van der Waals surface area contributed by atoms with Gasteiger partial charge in [-0.05, 0) is 32.7 Å². The minimum atomic E-state index is 0.694. The summed E-state index contributed by atoms with van der Waals surface area (Å²) in [6.07, 6.45) is 2.91. The lowest BCUT2D eigenvalue weighted by Gasteiger charge is -2.35. The molecule has 0 spiro atoms. The number of nitrogens with zero attached hydrogens (tertiary/aromatic N) is 1. The molecule has 0 aromatic carbocycles. The topological polar surface area (TPSA) is 15.3 Å². The Bertz CT molecular complexity index is 132. The van der Waals surface area contributed by atoms with Crippen LogP contribution in [0.15, 0.2) is 0 Å². The average molecular weight is 154 g/mol. The van der Waals surface area contributed by atoms with E-state index >= 15 is 0 Å². The minimum absolute atomic E-state index is 0.694. The molecule has 2 heteroatoms. The van der Waals surface area contributed by atoms with Crippen LogP contribution in [0.4, 0.5) is 0 Å². The zero-order valence-electron chi connectivity index (χ0n) is 7.51. The summed E-state index contributed by atoms with van der Waals surface area (Å²) in [6.45, 7) is 4.75. The lowest BCUT2D eigenvalue weighted by Crippen LogP contribution is -2.54. The SMILES string of the molecule is C[C@H]1CN(C)C[C@H](C2CC2)N1. The van der Waals surface area contributed by atoms with Crippen molar-refractivity contribution in [1.29, 1.82) is 0 Å². The first-order valence-electron chi connectivity index (χ1n) is 4.70. The van der Waals surface area contributed by atoms with Gasteiger partial charge < -0.3 is 10.2 Å². The summed E-state index contributed by atoms with van der Waals surface area (Å²) in [5.74, 6) is 1.00. The summed E-state index contributed by atoms with van der Waals surface area (Å²) < 4.78 is 0. The second-order valence-electron chi connectivity index (χ2n) is 4.23. The first kappa shape index (κ1) is 7.56. The molecule has 0 bridgehead atoms. The monoisotopic (exact) mass is 154 g/mol. The van der Waals surface area contributed by atoms with E-state index in [1.807, 2.05) is 0 Å². The summed E-state index contributed by atoms with van der Waals surface area (Å²) in [5, 5.41) is 3.67. The molecule has 64 valence electrons. The van der Waals surface area contributed by atoms with E-state index in [0.717, 1.165) is 12.0 Å². The normalized spacial score (nSPS) is 40.9. The lowest BCUT2D eigenvalue weighted by molar-refractivity contribution is 0.187. The Morgan fingerprint density at radius 1 is 1.27 bits per heavy atom. The van der Waals surface area contributed by atoms with Gasteiger partial charge in [0.05, 0.1) is 0 Å². The molecule has 1 heterocycles. The van der Waals surface area contributed by atoms with E-state index in [2.05, 4.69) is 24.2 Å². The molecule has 2 fully saturated rings. The van der Waals surface area contributed by atoms with Crippen LogP contribution in [-0.4, -0.2) is 37.1 Å². The van der Waals surface area contributed by atoms with Gasteiger partial charge in [-0.25, -0.2) is 0 Å². The number of nitrogens with one attached hydrogen (secondary N) is 1. The highest BCUT2D eigenvalue weighted by Gasteiger charge is 2.34. The molecular formula is C9H18N2. The van der Waals surface area contributed by atoms with Gasteiger partial charge in [-0.1, -0.05) is 0 Å². The predicted octanol–water partition coefficient (Wildman–Crippen LogP) is 0.688. The Balaban J connectivity index is 1.89. The van der Waals surface area contributed by atoms with E-state index in [1.165, 1.54) is 25.9 Å². The third-order valence-electron chi connectivity index (χ3n) is 2.78. The molecule has 2 rings (SSSR count). The highest BCUT2D eigenvalue weighted by atomic mass is 15.2. The van der Waals surface area contributed by atoms with Gasteiger partial charge in [0.1, 0.15) is 0 Å². The molecule has 0 aromatic rings. The third-order valence-corrected chi connectivity index (χ3v) is 2.78. The van der Waals surface area contributed by atoms with Crippen LogP contribution in [0.1, 0.15) is 19.8 Å². The van der Waals surface area contributed by atoms with Crippen LogP contribution in [0.3, 0.4) is 0 Å². The van der Waals surface area contributed by atoms with Crippen LogP contribution < -0.4 is 5.32 Å². The highest BCUT2D eigenvalue weighted by Crippen LogP contribution is 2.33. The van der Waals surface area contributed by atoms with Crippen molar-refractivity contribution in [3.63, 3.8) is 0 Å². The largest absolute Gasteiger partial charge is 0.309 e. The van der Waals surface area contributed by atoms with Gasteiger partial charge in [-0.3, -0.25) is 0 Å². The first-order valence-corrected chi connectivity index (χ1v) is 4.70. The Morgan fingerprint density at radius 3 is 2.55 bits per heavy atom. The zero-order valence-corrected chi connectivity index (χ0v) is 7.51. The Morgan fingerprint density at radius 2 is 2.00 bits per heavy atom. The molecule has 0 aromatic heterocycles. The van der Waals surface area contributed by atoms with Crippen molar-refractivity contribution in [2.24, 2.45) is 5.92 Å². The molecule has 0 radical (unpaired) electrons. The second kappa shape index (κ2) is 2.76. The van der Waals surface area contributed by atoms with Crippen molar-refractivity contribution in [1.82, 2.24) is 10.2 Å². The molecule has 2 atom stereocenters. The number of likely N-dealkylation sites (N-methyl/N-ethyl adjacent to an activating group) is 1. The maximum atomic E-state index is 3.67. The molecule has 0 unspecified atom stereocenters. The van der Waals surface area contributed by atoms with Crippen LogP contribution in [-0.2, 0) is 0 Å². The van der Waals surface area contributed by atoms with Gasteiger partial charge >= 0.3 is 0 Å². The summed E-state index contributed by atoms with van der Waals surface area (Å²) >= 11 is 0. The number of rotatable bonds is 1. The predicted molar refractivity (Wildman–Crippen MR) is 46.6 cm³/mol. The van der Waals surface area contributed by atoms with Crippen LogP contribution in [0.25, 0.3) is 0 Å². The van der Waals surface area contributed by atoms with Gasteiger partial charge in [0.25, 0.3) is 0 Å². The molecule has 1 aliphatic carbocycles. The van der Waals surface area contributed by atoms with E-state index in [0.29, 0.717) is 6.04 Å². The molecule has 0 amide bonds. The molecule has 1 saturated carbocycles. The van der Waals surface area contributed by atoms with Crippen molar-refractivity contribution in [2.75, 3.05) is 20.1 Å². The van der Waals surface area contributed by atoms with Crippen LogP contribution in [0.2, 0.25) is 0 Å². The maximum Gasteiger partial charge on any atom is 0.0226 e. The molecule has 1 saturated heterocycles. The molecule has 1 N–H and O–H groups in total. The molecule has 11 heavy (non-hydrogen) atoms. The zero-order chi connectivity index (χ0) is 7.84. The quantitative estimate of drug-likeness (QED) is 0.598. The minimum Gasteiger partial charge on any atom is -0.309 e. The van der Waals surface area contributed by atoms with Crippen molar-refractivity contribution < 1.29 is 0 Å². The summed E-state index contributed by atoms with van der Waals surface area (Å²) in [6, 6.07) is 1.49. The third kappa shape index (κ3) is 1.74. The van der Waals surface area contributed by atoms with Crippen molar-refractivity contribution in [2.45, 2.75) is 31.8 Å². The molecule has 1 aliphatic heterocycles. The van der Waals surface area contributed by atoms with Gasteiger partial charge in [-0.2, -0.15) is 0 Å². The van der Waals surface area contributed by atoms with Gasteiger partial charge in [0.2, 0.25) is 0 Å². The van der Waals surface area contributed by atoms with E-state index < -0.39 is 0 Å². The maximum absolute atomic E-state index is 3.67. The number of hydrogen-bond acceptors (Lipinski definition) is 2. The second-order valence-corrected chi connectivity index (χ2v) is 4.23. The van der Waals surface area contributed by atoms with Crippen LogP contribution >= 0.6 is 0 Å². The van der Waals surface area contributed by atoms with Crippen molar-refractivity contribution in [3.8, 4) is 0 Å². The molecular weight excluding hydrogens is 136 g/mol. The first-order chi connectivity index (χ1) is 5.25. The van der Waals surface area contributed by atoms with Crippen molar-refractivity contribution in [3.05, 3.63) is 0 Å². The summed E-state index contributed by atoms with van der Waals surface area (Å²) in [4.78, 5) is 2.45. The average Bonchev–Trinajstić information content (AvgIpc) is 2.64. The van der Waals surface area contributed by atoms with Gasteiger partial charge in [0, 0.05) is 25.2 Å². The summed E-state index contributed by atoms with van der Waals surface area (Å²) in [7, 11) is 2.23. The van der Waals surface area contributed by atoms with E-state index in [4.69, 9.17) is 0 Å². The Hall–Kier alpha value is -0.0800. The standard InChI is InChI=1S/C9H18N2/c1-7-5-11(2)6-9(10-7)8-3-4-8/h7-10H,3-6H2,1-2H3/t7-,9+/m0/s1. The summed E-state index contributed by atoms with van der Waals surface area (Å²) in [5.41, 5.74) is 0. The Kier molecular flexibility index (Phi) is 1.90. The number of hydrogen-bond donors (Lipinski definition) is 1. The fourth-order valence-corrected chi connectivity index (χ4v) is 2.13.